The lowest BCUT2D eigenvalue weighted by molar-refractivity contribution is -0.132. The first kappa shape index (κ1) is 21.8. The molecule has 0 radical (unpaired) electrons. The lowest BCUT2D eigenvalue weighted by atomic mass is 10.3. The van der Waals surface area contributed by atoms with Gasteiger partial charge < -0.3 is 10.0 Å². The number of allylic oxidation sites excluding steroid dienone is 1. The Morgan fingerprint density at radius 1 is 1.52 bits per heavy atom. The molecule has 0 saturated heterocycles. The van der Waals surface area contributed by atoms with Crippen LogP contribution in [-0.4, -0.2) is 28.4 Å². The molecule has 0 aliphatic rings. The van der Waals surface area contributed by atoms with Crippen LogP contribution in [0.1, 0.15) is 20.3 Å². The first-order chi connectivity index (χ1) is 9.99. The first-order valence-corrected chi connectivity index (χ1v) is 7.66. The van der Waals surface area contributed by atoms with Gasteiger partial charge in [0.05, 0.1) is 5.02 Å². The van der Waals surface area contributed by atoms with E-state index in [1.807, 2.05) is 0 Å². The summed E-state index contributed by atoms with van der Waals surface area (Å²) < 4.78 is 0. The van der Waals surface area contributed by atoms with Gasteiger partial charge in [-0.1, -0.05) is 47.8 Å². The molecule has 1 rings (SSSR count). The van der Waals surface area contributed by atoms with Gasteiger partial charge in [0.25, 0.3) is 0 Å². The van der Waals surface area contributed by atoms with E-state index in [-0.39, 0.29) is 5.70 Å². The maximum Gasteiger partial charge on any atom is 0.352 e. The molecule has 0 spiro atoms. The van der Waals surface area contributed by atoms with Crippen LogP contribution in [-0.2, 0) is 4.79 Å². The van der Waals surface area contributed by atoms with Crippen molar-refractivity contribution in [2.45, 2.75) is 20.3 Å². The summed E-state index contributed by atoms with van der Waals surface area (Å²) in [6.07, 6.45) is 12.3. The van der Waals surface area contributed by atoms with Crippen molar-refractivity contribution in [3.63, 3.8) is 0 Å². The van der Waals surface area contributed by atoms with Crippen molar-refractivity contribution in [3.05, 3.63) is 35.1 Å². The second kappa shape index (κ2) is 13.5. The largest absolute Gasteiger partial charge is 0.477 e. The van der Waals surface area contributed by atoms with E-state index in [9.17, 15) is 4.79 Å². The van der Waals surface area contributed by atoms with E-state index < -0.39 is 5.97 Å². The van der Waals surface area contributed by atoms with Gasteiger partial charge in [0.15, 0.2) is 5.82 Å². The summed E-state index contributed by atoms with van der Waals surface area (Å²) in [4.78, 5) is 16.5. The SMILES string of the molecule is C#C.CCC.CN(/C(=C\CBr)C(=O)O)c1ncccc1Cl. The average molecular weight is 376 g/mol. The Hall–Kier alpha value is -1.51. The number of aliphatic carboxylic acids is 1. The zero-order chi connectivity index (χ0) is 16.8. The van der Waals surface area contributed by atoms with Crippen molar-refractivity contribution in [2.24, 2.45) is 0 Å². The number of aromatic nitrogens is 1. The van der Waals surface area contributed by atoms with E-state index in [0.717, 1.165) is 0 Å². The Morgan fingerprint density at radius 2 is 2.05 bits per heavy atom. The van der Waals surface area contributed by atoms with Gasteiger partial charge in [-0.25, -0.2) is 9.78 Å². The first-order valence-electron chi connectivity index (χ1n) is 6.16. The number of hydrogen-bond donors (Lipinski definition) is 1. The molecule has 0 unspecified atom stereocenters. The molecule has 1 aromatic rings. The average Bonchev–Trinajstić information content (AvgIpc) is 2.47. The normalized spacial score (nSPS) is 9.57. The highest BCUT2D eigenvalue weighted by molar-refractivity contribution is 9.09. The standard InChI is InChI=1S/C10H10BrClN2O2.C3H8.C2H2/c1-14(8(4-5-11)10(15)16)9-7(12)3-2-6-13-9;1-3-2;1-2/h2-4,6H,5H2,1H3,(H,15,16);3H2,1-2H3;1-2H/b8-4-;;. The van der Waals surface area contributed by atoms with Crippen LogP contribution in [0.5, 0.6) is 0 Å². The van der Waals surface area contributed by atoms with Gasteiger partial charge in [-0.2, -0.15) is 0 Å². The molecule has 0 amide bonds. The molecule has 0 bridgehead atoms. The van der Waals surface area contributed by atoms with Crippen LogP contribution in [0.2, 0.25) is 5.02 Å². The molecule has 0 saturated carbocycles. The summed E-state index contributed by atoms with van der Waals surface area (Å²) in [5.74, 6) is -0.609. The second-order valence-electron chi connectivity index (χ2n) is 3.62. The molecule has 4 nitrogen and oxygen atoms in total. The van der Waals surface area contributed by atoms with Gasteiger partial charge in [0.1, 0.15) is 5.70 Å². The fourth-order valence-electron chi connectivity index (χ4n) is 1.18. The Morgan fingerprint density at radius 3 is 2.43 bits per heavy atom. The maximum absolute atomic E-state index is 11.0. The van der Waals surface area contributed by atoms with Crippen LogP contribution in [0.3, 0.4) is 0 Å². The van der Waals surface area contributed by atoms with Gasteiger partial charge in [-0.05, 0) is 18.2 Å². The topological polar surface area (TPSA) is 53.4 Å². The number of anilines is 1. The minimum absolute atomic E-state index is 0.123. The molecule has 0 fully saturated rings. The molecule has 1 N–H and O–H groups in total. The summed E-state index contributed by atoms with van der Waals surface area (Å²) in [6, 6.07) is 3.35. The van der Waals surface area contributed by atoms with Crippen molar-refractivity contribution in [2.75, 3.05) is 17.3 Å². The Bertz CT molecular complexity index is 476. The molecular weight excluding hydrogens is 356 g/mol. The monoisotopic (exact) mass is 374 g/mol. The predicted octanol–water partition coefficient (Wildman–Crippen LogP) is 4.20. The highest BCUT2D eigenvalue weighted by atomic mass is 79.9. The van der Waals surface area contributed by atoms with Crippen molar-refractivity contribution < 1.29 is 9.90 Å². The molecule has 0 aromatic carbocycles. The Balaban J connectivity index is 0. The number of halogens is 2. The lowest BCUT2D eigenvalue weighted by Crippen LogP contribution is -2.24. The zero-order valence-electron chi connectivity index (χ0n) is 12.4. The van der Waals surface area contributed by atoms with Crippen LogP contribution in [0.4, 0.5) is 5.82 Å². The molecule has 116 valence electrons. The van der Waals surface area contributed by atoms with E-state index in [2.05, 4.69) is 47.6 Å². The lowest BCUT2D eigenvalue weighted by Gasteiger charge is -2.19. The number of terminal acetylenes is 1. The highest BCUT2D eigenvalue weighted by Gasteiger charge is 2.16. The summed E-state index contributed by atoms with van der Waals surface area (Å²) in [6.45, 7) is 4.25. The van der Waals surface area contributed by atoms with Crippen LogP contribution in [0.25, 0.3) is 0 Å². The third-order valence-corrected chi connectivity index (χ3v) is 2.53. The smallest absolute Gasteiger partial charge is 0.352 e. The Labute approximate surface area is 140 Å². The molecule has 1 heterocycles. The number of pyridine rings is 1. The van der Waals surface area contributed by atoms with E-state index in [1.54, 1.807) is 25.4 Å². The summed E-state index contributed by atoms with van der Waals surface area (Å²) >= 11 is 9.09. The maximum atomic E-state index is 11.0. The minimum atomic E-state index is -1.02. The number of carboxylic acids is 1. The number of rotatable bonds is 4. The Kier molecular flexibility index (Phi) is 14.0. The second-order valence-corrected chi connectivity index (χ2v) is 4.68. The molecule has 6 heteroatoms. The highest BCUT2D eigenvalue weighted by Crippen LogP contribution is 2.24. The van der Waals surface area contributed by atoms with Crippen molar-refractivity contribution >= 4 is 39.3 Å². The number of alkyl halides is 1. The van der Waals surface area contributed by atoms with Gasteiger partial charge in [0.2, 0.25) is 0 Å². The van der Waals surface area contributed by atoms with Gasteiger partial charge >= 0.3 is 5.97 Å². The van der Waals surface area contributed by atoms with E-state index in [0.29, 0.717) is 16.2 Å². The molecular formula is C15H20BrClN2O2. The van der Waals surface area contributed by atoms with Crippen molar-refractivity contribution in [1.29, 1.82) is 0 Å². The fourth-order valence-corrected chi connectivity index (χ4v) is 1.73. The minimum Gasteiger partial charge on any atom is -0.477 e. The van der Waals surface area contributed by atoms with Gasteiger partial charge in [-0.15, -0.1) is 12.8 Å². The fraction of sp³-hybridized carbons (Fsp3) is 0.333. The van der Waals surface area contributed by atoms with Crippen LogP contribution >= 0.6 is 27.5 Å². The quantitative estimate of drug-likeness (QED) is 0.487. The number of carbonyl (C=O) groups is 1. The zero-order valence-corrected chi connectivity index (χ0v) is 14.7. The molecule has 21 heavy (non-hydrogen) atoms. The number of likely N-dealkylation sites (N-methyl/N-ethyl adjacent to an activating group) is 1. The van der Waals surface area contributed by atoms with E-state index in [4.69, 9.17) is 16.7 Å². The third-order valence-electron chi connectivity index (χ3n) is 1.91. The van der Waals surface area contributed by atoms with Crippen LogP contribution in [0.15, 0.2) is 30.1 Å². The van der Waals surface area contributed by atoms with Crippen LogP contribution < -0.4 is 4.90 Å². The predicted molar refractivity (Wildman–Crippen MR) is 93.0 cm³/mol. The van der Waals surface area contributed by atoms with E-state index >= 15 is 0 Å². The number of hydrogen-bond acceptors (Lipinski definition) is 3. The molecule has 0 aliphatic heterocycles. The van der Waals surface area contributed by atoms with Crippen LogP contribution in [0, 0.1) is 12.8 Å². The van der Waals surface area contributed by atoms with Crippen molar-refractivity contribution in [1.82, 2.24) is 4.98 Å². The van der Waals surface area contributed by atoms with Crippen molar-refractivity contribution in [3.8, 4) is 12.8 Å². The number of nitrogens with zero attached hydrogens (tertiary/aromatic N) is 2. The molecule has 0 atom stereocenters. The third kappa shape index (κ3) is 8.38. The summed E-state index contributed by atoms with van der Waals surface area (Å²) in [5, 5.41) is 9.88. The number of carboxylic acid groups (broad SMARTS) is 1. The van der Waals surface area contributed by atoms with Gasteiger partial charge in [0, 0.05) is 18.6 Å². The van der Waals surface area contributed by atoms with E-state index in [1.165, 1.54) is 17.4 Å². The molecule has 0 aliphatic carbocycles. The van der Waals surface area contributed by atoms with Gasteiger partial charge in [-0.3, -0.25) is 0 Å². The molecule has 1 aromatic heterocycles. The summed E-state index contributed by atoms with van der Waals surface area (Å²) in [7, 11) is 1.61. The summed E-state index contributed by atoms with van der Waals surface area (Å²) in [5.41, 5.74) is 0.123.